The van der Waals surface area contributed by atoms with Gasteiger partial charge in [-0.25, -0.2) is 0 Å². The van der Waals surface area contributed by atoms with Crippen LogP contribution in [0.1, 0.15) is 17.2 Å². The molecule has 0 aliphatic carbocycles. The molecule has 2 heterocycles. The van der Waals surface area contributed by atoms with Crippen LogP contribution >= 0.6 is 0 Å². The average Bonchev–Trinajstić information content (AvgIpc) is 2.75. The number of carbonyl (C=O) groups is 1. The quantitative estimate of drug-likeness (QED) is 0.789. The topological polar surface area (TPSA) is 54.3 Å². The molecule has 1 aromatic heterocycles. The lowest BCUT2D eigenvalue weighted by atomic mass is 10.0. The van der Waals surface area contributed by atoms with Crippen molar-refractivity contribution in [3.8, 4) is 0 Å². The fraction of sp³-hybridized carbons (Fsp3) is 0.154. The number of fused-ring (bicyclic) bond motifs is 1. The molecule has 1 atom stereocenters. The van der Waals surface area contributed by atoms with Gasteiger partial charge in [0.1, 0.15) is 11.7 Å². The maximum Gasteiger partial charge on any atom is 0.251 e. The monoisotopic (exact) mass is 228 g/mol. The van der Waals surface area contributed by atoms with Crippen LogP contribution in [0.15, 0.2) is 41.0 Å². The Hall–Kier alpha value is -2.23. The fourth-order valence-corrected chi connectivity index (χ4v) is 2.01. The number of anilines is 2. The van der Waals surface area contributed by atoms with Crippen molar-refractivity contribution in [2.45, 2.75) is 13.0 Å². The minimum Gasteiger partial charge on any atom is -0.447 e. The molecule has 0 spiro atoms. The molecule has 2 N–H and O–H groups in total. The summed E-state index contributed by atoms with van der Waals surface area (Å²) in [6.45, 7) is 2.00. The Balaban J connectivity index is 1.98. The molecule has 0 saturated carbocycles. The summed E-state index contributed by atoms with van der Waals surface area (Å²) in [5.41, 5.74) is 2.76. The van der Waals surface area contributed by atoms with Gasteiger partial charge in [-0.1, -0.05) is 29.8 Å². The van der Waals surface area contributed by atoms with Gasteiger partial charge < -0.3 is 15.1 Å². The van der Waals surface area contributed by atoms with E-state index in [2.05, 4.69) is 10.6 Å². The summed E-state index contributed by atoms with van der Waals surface area (Å²) in [5, 5.41) is 5.90. The van der Waals surface area contributed by atoms with Crippen LogP contribution in [0, 0.1) is 6.92 Å². The van der Waals surface area contributed by atoms with E-state index in [-0.39, 0.29) is 5.91 Å². The number of nitrogens with one attached hydrogen (secondary N) is 2. The van der Waals surface area contributed by atoms with E-state index in [4.69, 9.17) is 4.42 Å². The Morgan fingerprint density at radius 3 is 3.00 bits per heavy atom. The molecule has 0 fully saturated rings. The molecule has 4 nitrogen and oxygen atoms in total. The molecule has 1 amide bonds. The number of carbonyl (C=O) groups excluding carboxylic acids is 1. The highest BCUT2D eigenvalue weighted by atomic mass is 16.3. The average molecular weight is 228 g/mol. The van der Waals surface area contributed by atoms with Gasteiger partial charge in [0.2, 0.25) is 5.88 Å². The Morgan fingerprint density at radius 1 is 1.29 bits per heavy atom. The predicted molar refractivity (Wildman–Crippen MR) is 64.9 cm³/mol. The van der Waals surface area contributed by atoms with Crippen molar-refractivity contribution >= 4 is 17.5 Å². The van der Waals surface area contributed by atoms with E-state index in [1.165, 1.54) is 0 Å². The molecule has 4 heteroatoms. The van der Waals surface area contributed by atoms with Gasteiger partial charge in [-0.3, -0.25) is 4.79 Å². The first kappa shape index (κ1) is 9.96. The standard InChI is InChI=1S/C13H12N2O2/c1-8-3-2-4-9(7-8)11-12(16)14-10-5-6-17-13(10)15-11/h2-7,11,15H,1H3,(H,14,16). The molecule has 2 aromatic rings. The van der Waals surface area contributed by atoms with E-state index in [1.54, 1.807) is 12.3 Å². The third-order valence-corrected chi connectivity index (χ3v) is 2.84. The molecule has 86 valence electrons. The SMILES string of the molecule is Cc1cccc(C2Nc3occc3NC2=O)c1. The van der Waals surface area contributed by atoms with Crippen LogP contribution in [-0.2, 0) is 4.79 Å². The molecule has 3 rings (SSSR count). The van der Waals surface area contributed by atoms with E-state index in [0.29, 0.717) is 11.6 Å². The van der Waals surface area contributed by atoms with Crippen molar-refractivity contribution in [1.82, 2.24) is 0 Å². The van der Waals surface area contributed by atoms with Crippen LogP contribution < -0.4 is 10.6 Å². The van der Waals surface area contributed by atoms with Crippen LogP contribution in [0.2, 0.25) is 0 Å². The van der Waals surface area contributed by atoms with Crippen LogP contribution in [0.25, 0.3) is 0 Å². The Labute approximate surface area is 98.6 Å². The second kappa shape index (κ2) is 3.66. The molecular formula is C13H12N2O2. The van der Waals surface area contributed by atoms with Crippen LogP contribution in [0.4, 0.5) is 11.6 Å². The lowest BCUT2D eigenvalue weighted by Crippen LogP contribution is -2.31. The van der Waals surface area contributed by atoms with E-state index in [9.17, 15) is 4.79 Å². The smallest absolute Gasteiger partial charge is 0.251 e. The number of amides is 1. The van der Waals surface area contributed by atoms with Gasteiger partial charge in [-0.15, -0.1) is 0 Å². The van der Waals surface area contributed by atoms with Gasteiger partial charge in [0.25, 0.3) is 5.91 Å². The van der Waals surface area contributed by atoms with Gasteiger partial charge in [0.05, 0.1) is 6.26 Å². The van der Waals surface area contributed by atoms with Crippen molar-refractivity contribution in [3.05, 3.63) is 47.7 Å². The van der Waals surface area contributed by atoms with Crippen LogP contribution in [0.5, 0.6) is 0 Å². The van der Waals surface area contributed by atoms with Crippen molar-refractivity contribution < 1.29 is 9.21 Å². The third-order valence-electron chi connectivity index (χ3n) is 2.84. The number of aryl methyl sites for hydroxylation is 1. The minimum absolute atomic E-state index is 0.0653. The van der Waals surface area contributed by atoms with Gasteiger partial charge >= 0.3 is 0 Å². The Bertz CT molecular complexity index is 574. The zero-order valence-electron chi connectivity index (χ0n) is 9.36. The van der Waals surface area contributed by atoms with E-state index >= 15 is 0 Å². The predicted octanol–water partition coefficient (Wildman–Crippen LogP) is 2.69. The normalized spacial score (nSPS) is 18.2. The second-order valence-corrected chi connectivity index (χ2v) is 4.14. The van der Waals surface area contributed by atoms with Crippen molar-refractivity contribution in [3.63, 3.8) is 0 Å². The number of benzene rings is 1. The first-order valence-corrected chi connectivity index (χ1v) is 5.45. The van der Waals surface area contributed by atoms with E-state index in [1.807, 2.05) is 31.2 Å². The summed E-state index contributed by atoms with van der Waals surface area (Å²) in [6.07, 6.45) is 1.55. The lowest BCUT2D eigenvalue weighted by Gasteiger charge is -2.23. The molecular weight excluding hydrogens is 216 g/mol. The molecule has 0 radical (unpaired) electrons. The zero-order chi connectivity index (χ0) is 11.8. The molecule has 1 aliphatic rings. The summed E-state index contributed by atoms with van der Waals surface area (Å²) in [6, 6.07) is 9.20. The molecule has 1 aliphatic heterocycles. The van der Waals surface area contributed by atoms with Crippen molar-refractivity contribution in [2.75, 3.05) is 10.6 Å². The molecule has 1 aromatic carbocycles. The highest BCUT2D eigenvalue weighted by molar-refractivity contribution is 6.02. The Kier molecular flexibility index (Phi) is 2.14. The minimum atomic E-state index is -0.395. The van der Waals surface area contributed by atoms with Gasteiger partial charge in [-0.2, -0.15) is 0 Å². The molecule has 1 unspecified atom stereocenters. The first-order valence-electron chi connectivity index (χ1n) is 5.45. The first-order chi connectivity index (χ1) is 8.24. The third kappa shape index (κ3) is 1.67. The van der Waals surface area contributed by atoms with Crippen LogP contribution in [0.3, 0.4) is 0 Å². The summed E-state index contributed by atoms with van der Waals surface area (Å²) in [7, 11) is 0. The largest absolute Gasteiger partial charge is 0.447 e. The fourth-order valence-electron chi connectivity index (χ4n) is 2.01. The maximum atomic E-state index is 12.0. The number of hydrogen-bond acceptors (Lipinski definition) is 3. The molecule has 17 heavy (non-hydrogen) atoms. The zero-order valence-corrected chi connectivity index (χ0v) is 9.36. The number of rotatable bonds is 1. The van der Waals surface area contributed by atoms with E-state index < -0.39 is 6.04 Å². The summed E-state index contributed by atoms with van der Waals surface area (Å²) in [5.74, 6) is 0.542. The number of furan rings is 1. The summed E-state index contributed by atoms with van der Waals surface area (Å²) in [4.78, 5) is 12.0. The summed E-state index contributed by atoms with van der Waals surface area (Å²) >= 11 is 0. The van der Waals surface area contributed by atoms with E-state index in [0.717, 1.165) is 11.1 Å². The van der Waals surface area contributed by atoms with Gasteiger partial charge in [0.15, 0.2) is 0 Å². The van der Waals surface area contributed by atoms with Crippen molar-refractivity contribution in [1.29, 1.82) is 0 Å². The van der Waals surface area contributed by atoms with Crippen molar-refractivity contribution in [2.24, 2.45) is 0 Å². The second-order valence-electron chi connectivity index (χ2n) is 4.14. The highest BCUT2D eigenvalue weighted by Crippen LogP contribution is 2.33. The highest BCUT2D eigenvalue weighted by Gasteiger charge is 2.28. The maximum absolute atomic E-state index is 12.0. The lowest BCUT2D eigenvalue weighted by molar-refractivity contribution is -0.117. The molecule has 0 bridgehead atoms. The Morgan fingerprint density at radius 2 is 2.18 bits per heavy atom. The summed E-state index contributed by atoms with van der Waals surface area (Å²) < 4.78 is 5.26. The van der Waals surface area contributed by atoms with Gasteiger partial charge in [0, 0.05) is 6.07 Å². The molecule has 0 saturated heterocycles. The number of hydrogen-bond donors (Lipinski definition) is 2. The van der Waals surface area contributed by atoms with Crippen LogP contribution in [-0.4, -0.2) is 5.91 Å². The van der Waals surface area contributed by atoms with Gasteiger partial charge in [-0.05, 0) is 12.5 Å².